The molecule has 2 nitrogen and oxygen atoms in total. The van der Waals surface area contributed by atoms with E-state index in [2.05, 4.69) is 182 Å². The molecule has 0 atom stereocenters. The normalized spacial score (nSPS) is 11.1. The van der Waals surface area contributed by atoms with E-state index in [1.165, 1.54) is 32.8 Å². The van der Waals surface area contributed by atoms with Crippen LogP contribution in [0.2, 0.25) is 0 Å². The molecule has 0 saturated carbocycles. The van der Waals surface area contributed by atoms with E-state index >= 15 is 0 Å². The topological polar surface area (TPSA) is 47.6 Å². The van der Waals surface area contributed by atoms with Crippen LogP contribution < -0.4 is 32.8 Å². The number of rotatable bonds is 8. The first-order valence-electron chi connectivity index (χ1n) is 19.7. The Bertz CT molecular complexity index is 2890. The second kappa shape index (κ2) is 14.8. The van der Waals surface area contributed by atoms with Gasteiger partial charge in [0.2, 0.25) is 13.4 Å². The van der Waals surface area contributed by atoms with Gasteiger partial charge in [0.1, 0.15) is 0 Å². The van der Waals surface area contributed by atoms with Crippen LogP contribution in [0.1, 0.15) is 11.1 Å². The number of benzene rings is 10. The van der Waals surface area contributed by atoms with Gasteiger partial charge in [0.15, 0.2) is 0 Å². The van der Waals surface area contributed by atoms with Crippen LogP contribution in [0.4, 0.5) is 0 Å². The van der Waals surface area contributed by atoms with E-state index in [1.54, 1.807) is 0 Å². The number of hydrogen-bond acceptors (Lipinski definition) is 2. The van der Waals surface area contributed by atoms with E-state index in [1.807, 2.05) is 36.4 Å². The van der Waals surface area contributed by atoms with Gasteiger partial charge >= 0.3 is 0 Å². The molecule has 10 aromatic rings. The van der Waals surface area contributed by atoms with Crippen LogP contribution in [-0.2, 0) is 0 Å². The van der Waals surface area contributed by atoms with Gasteiger partial charge in [-0.25, -0.2) is 0 Å². The Labute approximate surface area is 339 Å². The molecular formula is C54H34B2N2. The van der Waals surface area contributed by atoms with E-state index in [-0.39, 0.29) is 13.4 Å². The van der Waals surface area contributed by atoms with Gasteiger partial charge in [-0.05, 0) is 55.6 Å². The van der Waals surface area contributed by atoms with Crippen molar-refractivity contribution in [3.05, 3.63) is 217 Å². The Morgan fingerprint density at radius 3 is 0.914 bits per heavy atom. The first kappa shape index (κ1) is 34.8. The highest BCUT2D eigenvalue weighted by atomic mass is 14.3. The molecule has 0 spiro atoms. The minimum atomic E-state index is -0.0837. The zero-order valence-corrected chi connectivity index (χ0v) is 31.7. The molecule has 0 aliphatic heterocycles. The van der Waals surface area contributed by atoms with Gasteiger partial charge in [-0.3, -0.25) is 0 Å². The molecule has 0 amide bonds. The summed E-state index contributed by atoms with van der Waals surface area (Å²) < 4.78 is 0. The van der Waals surface area contributed by atoms with Crippen molar-refractivity contribution in [2.45, 2.75) is 0 Å². The first-order chi connectivity index (χ1) is 28.7. The molecule has 0 aliphatic carbocycles. The fourth-order valence-corrected chi connectivity index (χ4v) is 9.29. The highest BCUT2D eigenvalue weighted by molar-refractivity contribution is 6.98. The van der Waals surface area contributed by atoms with E-state index in [4.69, 9.17) is 0 Å². The summed E-state index contributed by atoms with van der Waals surface area (Å²) in [5.74, 6) is 0. The van der Waals surface area contributed by atoms with Gasteiger partial charge in [-0.2, -0.15) is 10.5 Å². The van der Waals surface area contributed by atoms with Gasteiger partial charge in [0, 0.05) is 11.1 Å². The standard InChI is InChI=1S/C54H34B2N2/c57-35-37-17-13-15-27-43(37)49-33-51(55(39-19-5-1-6-20-39)40-21-7-2-8-22-40)47-31-32-48-52(56(41-23-9-3-10-24-41)42-25-11-4-12-26-42)34-50(44-28-16-14-18-38(44)36-58)46-30-29-45(49)53(47)54(46)48/h1-34H. The summed E-state index contributed by atoms with van der Waals surface area (Å²) in [7, 11) is 0. The fraction of sp³-hybridized carbons (Fsp3) is 0. The van der Waals surface area contributed by atoms with Crippen LogP contribution in [0, 0.1) is 22.7 Å². The predicted octanol–water partition coefficient (Wildman–Crippen LogP) is 8.69. The minimum Gasteiger partial charge on any atom is -0.192 e. The number of nitrogens with zero attached hydrogens (tertiary/aromatic N) is 2. The average Bonchev–Trinajstić information content (AvgIpc) is 3.30. The minimum absolute atomic E-state index is 0.0837. The first-order valence-corrected chi connectivity index (χ1v) is 19.7. The van der Waals surface area contributed by atoms with Crippen LogP contribution in [0.25, 0.3) is 54.6 Å². The second-order valence-electron chi connectivity index (χ2n) is 14.9. The Kier molecular flexibility index (Phi) is 8.87. The Morgan fingerprint density at radius 1 is 0.293 bits per heavy atom. The smallest absolute Gasteiger partial charge is 0.192 e. The summed E-state index contributed by atoms with van der Waals surface area (Å²) in [5, 5.41) is 27.8. The molecule has 4 heteroatoms. The molecule has 10 rings (SSSR count). The van der Waals surface area contributed by atoms with Crippen molar-refractivity contribution in [3.8, 4) is 34.4 Å². The summed E-state index contributed by atoms with van der Waals surface area (Å²) in [6, 6.07) is 77.7. The molecule has 266 valence electrons. The second-order valence-corrected chi connectivity index (χ2v) is 14.9. The summed E-state index contributed by atoms with van der Waals surface area (Å²) in [6.45, 7) is -0.167. The van der Waals surface area contributed by atoms with Crippen molar-refractivity contribution in [3.63, 3.8) is 0 Å². The molecule has 0 N–H and O–H groups in total. The summed E-state index contributed by atoms with van der Waals surface area (Å²) in [4.78, 5) is 0. The Hall–Kier alpha value is -7.65. The Morgan fingerprint density at radius 2 is 0.586 bits per heavy atom. The lowest BCUT2D eigenvalue weighted by Crippen LogP contribution is -2.52. The maximum Gasteiger partial charge on any atom is 0.242 e. The molecule has 10 aromatic carbocycles. The lowest BCUT2D eigenvalue weighted by atomic mass is 9.35. The third-order valence-corrected chi connectivity index (χ3v) is 11.8. The lowest BCUT2D eigenvalue weighted by Gasteiger charge is -2.26. The van der Waals surface area contributed by atoms with Crippen molar-refractivity contribution >= 4 is 78.5 Å². The molecule has 0 radical (unpaired) electrons. The maximum absolute atomic E-state index is 10.5. The molecule has 0 heterocycles. The van der Waals surface area contributed by atoms with Crippen LogP contribution in [-0.4, -0.2) is 13.4 Å². The SMILES string of the molecule is N#Cc1ccccc1-c1cc(B(c2ccccc2)c2ccccc2)c2ccc3c(B(c4ccccc4)c4ccccc4)cc(-c4ccccc4C#N)c4ccc1c2c34. The molecule has 0 fully saturated rings. The van der Waals surface area contributed by atoms with Crippen molar-refractivity contribution in [2.24, 2.45) is 0 Å². The molecular weight excluding hydrogens is 698 g/mol. The van der Waals surface area contributed by atoms with E-state index < -0.39 is 0 Å². The molecule has 0 aliphatic rings. The third-order valence-electron chi connectivity index (χ3n) is 11.8. The summed E-state index contributed by atoms with van der Waals surface area (Å²) >= 11 is 0. The maximum atomic E-state index is 10.5. The van der Waals surface area contributed by atoms with Gasteiger partial charge in [-0.1, -0.05) is 227 Å². The van der Waals surface area contributed by atoms with E-state index in [9.17, 15) is 10.5 Å². The van der Waals surface area contributed by atoms with Crippen LogP contribution in [0.5, 0.6) is 0 Å². The molecule has 58 heavy (non-hydrogen) atoms. The average molecular weight is 733 g/mol. The largest absolute Gasteiger partial charge is 0.242 e. The molecule has 0 aromatic heterocycles. The highest BCUT2D eigenvalue weighted by Crippen LogP contribution is 2.43. The summed E-state index contributed by atoms with van der Waals surface area (Å²) in [5.41, 5.74) is 12.3. The van der Waals surface area contributed by atoms with Crippen LogP contribution in [0.15, 0.2) is 206 Å². The molecule has 0 saturated heterocycles. The predicted molar refractivity (Wildman–Crippen MR) is 246 cm³/mol. The molecule has 0 unspecified atom stereocenters. The van der Waals surface area contributed by atoms with Crippen molar-refractivity contribution in [1.29, 1.82) is 10.5 Å². The van der Waals surface area contributed by atoms with Gasteiger partial charge < -0.3 is 0 Å². The number of hydrogen-bond donors (Lipinski definition) is 0. The highest BCUT2D eigenvalue weighted by Gasteiger charge is 2.30. The van der Waals surface area contributed by atoms with Gasteiger partial charge in [0.05, 0.1) is 23.3 Å². The van der Waals surface area contributed by atoms with Gasteiger partial charge in [-0.15, -0.1) is 0 Å². The molecule has 0 bridgehead atoms. The van der Waals surface area contributed by atoms with Gasteiger partial charge in [0.25, 0.3) is 0 Å². The monoisotopic (exact) mass is 732 g/mol. The van der Waals surface area contributed by atoms with Crippen LogP contribution in [0.3, 0.4) is 0 Å². The van der Waals surface area contributed by atoms with Crippen LogP contribution >= 0.6 is 0 Å². The zero-order valence-electron chi connectivity index (χ0n) is 31.7. The Balaban J connectivity index is 1.42. The van der Waals surface area contributed by atoms with Crippen molar-refractivity contribution in [1.82, 2.24) is 0 Å². The number of nitriles is 2. The lowest BCUT2D eigenvalue weighted by molar-refractivity contribution is 1.48. The van der Waals surface area contributed by atoms with Crippen molar-refractivity contribution in [2.75, 3.05) is 0 Å². The van der Waals surface area contributed by atoms with Crippen molar-refractivity contribution < 1.29 is 0 Å². The zero-order chi connectivity index (χ0) is 39.0. The quantitative estimate of drug-likeness (QED) is 0.116. The van der Waals surface area contributed by atoms with E-state index in [0.717, 1.165) is 54.6 Å². The summed E-state index contributed by atoms with van der Waals surface area (Å²) in [6.07, 6.45) is 0. The third kappa shape index (κ3) is 5.83. The fourth-order valence-electron chi connectivity index (χ4n) is 9.29. The van der Waals surface area contributed by atoms with E-state index in [0.29, 0.717) is 11.1 Å².